The molecular weight excluding hydrogens is 378 g/mol. The van der Waals surface area contributed by atoms with Gasteiger partial charge >= 0.3 is 0 Å². The smallest absolute Gasteiger partial charge is 0.252 e. The predicted octanol–water partition coefficient (Wildman–Crippen LogP) is 1.79. The van der Waals surface area contributed by atoms with E-state index in [9.17, 15) is 4.79 Å². The topological polar surface area (TPSA) is 78.7 Å². The normalized spacial score (nSPS) is 18.2. The summed E-state index contributed by atoms with van der Waals surface area (Å²) in [4.78, 5) is 21.8. The fourth-order valence-corrected chi connectivity index (χ4v) is 4.00. The van der Waals surface area contributed by atoms with Crippen LogP contribution in [0, 0.1) is 0 Å². The molecule has 0 aromatic carbocycles. The summed E-state index contributed by atoms with van der Waals surface area (Å²) in [5.74, 6) is 0.780. The van der Waals surface area contributed by atoms with Crippen LogP contribution in [0.3, 0.4) is 0 Å². The van der Waals surface area contributed by atoms with E-state index in [1.165, 1.54) is 0 Å². The molecule has 0 spiro atoms. The number of nitrogens with one attached hydrogen (secondary N) is 1. The fourth-order valence-electron chi connectivity index (χ4n) is 4.00. The molecule has 0 unspecified atom stereocenters. The van der Waals surface area contributed by atoms with Gasteiger partial charge in [0.05, 0.1) is 11.6 Å². The minimum absolute atomic E-state index is 0.103. The molecule has 0 bridgehead atoms. The van der Waals surface area contributed by atoms with Crippen molar-refractivity contribution >= 4 is 11.6 Å². The molecule has 8 nitrogen and oxygen atoms in total. The standard InChI is InChI=1S/C22H29N7O/c1-16(2)28-13-12-27(3)15-19(28)21-26-25-20-8-7-17(14-29(20)21)22(30)24-11-9-18-6-4-5-10-23-18/h4-8,10,14,16,19H,9,11-13,15H2,1-3H3,(H,24,30)/t19-/m1/s1. The Hall–Kier alpha value is -2.84. The number of hydrogen-bond acceptors (Lipinski definition) is 6. The first kappa shape index (κ1) is 20.4. The predicted molar refractivity (Wildman–Crippen MR) is 115 cm³/mol. The van der Waals surface area contributed by atoms with E-state index in [0.717, 1.165) is 36.8 Å². The molecule has 3 aromatic rings. The van der Waals surface area contributed by atoms with Gasteiger partial charge in [-0.25, -0.2) is 0 Å². The maximum Gasteiger partial charge on any atom is 0.252 e. The highest BCUT2D eigenvalue weighted by Gasteiger charge is 2.31. The Bertz CT molecular complexity index is 1000. The first-order valence-electron chi connectivity index (χ1n) is 10.5. The van der Waals surface area contributed by atoms with Gasteiger partial charge in [-0.2, -0.15) is 0 Å². The fraction of sp³-hybridized carbons (Fsp3) is 0.455. The summed E-state index contributed by atoms with van der Waals surface area (Å²) in [7, 11) is 2.13. The number of pyridine rings is 2. The lowest BCUT2D eigenvalue weighted by molar-refractivity contribution is 0.0586. The molecule has 158 valence electrons. The van der Waals surface area contributed by atoms with Crippen LogP contribution in [-0.4, -0.2) is 74.6 Å². The largest absolute Gasteiger partial charge is 0.352 e. The zero-order chi connectivity index (χ0) is 21.1. The van der Waals surface area contributed by atoms with Gasteiger partial charge in [0.1, 0.15) is 0 Å². The molecule has 8 heteroatoms. The molecule has 1 atom stereocenters. The Morgan fingerprint density at radius 1 is 1.20 bits per heavy atom. The van der Waals surface area contributed by atoms with Crippen molar-refractivity contribution in [2.75, 3.05) is 33.2 Å². The van der Waals surface area contributed by atoms with Crippen LogP contribution in [0.15, 0.2) is 42.7 Å². The van der Waals surface area contributed by atoms with Gasteiger partial charge in [0, 0.05) is 56.7 Å². The molecule has 3 aromatic heterocycles. The Morgan fingerprint density at radius 3 is 2.83 bits per heavy atom. The molecule has 0 radical (unpaired) electrons. The van der Waals surface area contributed by atoms with Crippen LogP contribution in [-0.2, 0) is 6.42 Å². The summed E-state index contributed by atoms with van der Waals surface area (Å²) in [6.07, 6.45) is 4.32. The van der Waals surface area contributed by atoms with E-state index in [-0.39, 0.29) is 11.9 Å². The minimum Gasteiger partial charge on any atom is -0.352 e. The van der Waals surface area contributed by atoms with Crippen molar-refractivity contribution in [2.24, 2.45) is 0 Å². The monoisotopic (exact) mass is 407 g/mol. The number of carbonyl (C=O) groups excluding carboxylic acids is 1. The van der Waals surface area contributed by atoms with Gasteiger partial charge in [-0.05, 0) is 45.2 Å². The molecule has 1 N–H and O–H groups in total. The molecule has 1 fully saturated rings. The Kier molecular flexibility index (Phi) is 6.06. The van der Waals surface area contributed by atoms with Gasteiger partial charge < -0.3 is 10.2 Å². The summed E-state index contributed by atoms with van der Waals surface area (Å²) in [5.41, 5.74) is 2.32. The highest BCUT2D eigenvalue weighted by Crippen LogP contribution is 2.26. The summed E-state index contributed by atoms with van der Waals surface area (Å²) < 4.78 is 1.97. The van der Waals surface area contributed by atoms with Crippen LogP contribution in [0.1, 0.15) is 41.8 Å². The van der Waals surface area contributed by atoms with Crippen molar-refractivity contribution in [3.8, 4) is 0 Å². The number of hydrogen-bond donors (Lipinski definition) is 1. The number of carbonyl (C=O) groups is 1. The van der Waals surface area contributed by atoms with Gasteiger partial charge in [0.15, 0.2) is 11.5 Å². The number of fused-ring (bicyclic) bond motifs is 1. The maximum atomic E-state index is 12.7. The SMILES string of the molecule is CC(C)N1CCN(C)C[C@@H]1c1nnc2ccc(C(=O)NCCc3ccccn3)cn12. The zero-order valence-electron chi connectivity index (χ0n) is 17.8. The van der Waals surface area contributed by atoms with E-state index < -0.39 is 0 Å². The third-order valence-corrected chi connectivity index (χ3v) is 5.67. The minimum atomic E-state index is -0.103. The second-order valence-electron chi connectivity index (χ2n) is 8.14. The van der Waals surface area contributed by atoms with E-state index in [1.54, 1.807) is 12.3 Å². The molecule has 4 heterocycles. The molecule has 0 aliphatic carbocycles. The van der Waals surface area contributed by atoms with Crippen LogP contribution in [0.2, 0.25) is 0 Å². The van der Waals surface area contributed by atoms with Gasteiger partial charge in [-0.1, -0.05) is 6.07 Å². The van der Waals surface area contributed by atoms with Crippen LogP contribution >= 0.6 is 0 Å². The number of aromatic nitrogens is 4. The van der Waals surface area contributed by atoms with Gasteiger partial charge in [-0.3, -0.25) is 19.1 Å². The summed E-state index contributed by atoms with van der Waals surface area (Å²) in [6.45, 7) is 7.87. The molecule has 1 saturated heterocycles. The third kappa shape index (κ3) is 4.34. The van der Waals surface area contributed by atoms with E-state index in [0.29, 0.717) is 24.6 Å². The summed E-state index contributed by atoms with van der Waals surface area (Å²) in [6, 6.07) is 10.0. The van der Waals surface area contributed by atoms with Gasteiger partial charge in [0.2, 0.25) is 0 Å². The number of amides is 1. The lowest BCUT2D eigenvalue weighted by Crippen LogP contribution is -2.50. The number of rotatable bonds is 6. The van der Waals surface area contributed by atoms with Gasteiger partial charge in [0.25, 0.3) is 5.91 Å². The number of likely N-dealkylation sites (N-methyl/N-ethyl adjacent to an activating group) is 1. The van der Waals surface area contributed by atoms with Crippen LogP contribution in [0.4, 0.5) is 0 Å². The van der Waals surface area contributed by atoms with Crippen LogP contribution in [0.25, 0.3) is 5.65 Å². The van der Waals surface area contributed by atoms with E-state index in [4.69, 9.17) is 0 Å². The van der Waals surface area contributed by atoms with Gasteiger partial charge in [-0.15, -0.1) is 10.2 Å². The average molecular weight is 408 g/mol. The van der Waals surface area contributed by atoms with Crippen molar-refractivity contribution in [3.05, 3.63) is 59.8 Å². The second kappa shape index (κ2) is 8.89. The molecule has 1 aliphatic heterocycles. The van der Waals surface area contributed by atoms with Crippen molar-refractivity contribution in [3.63, 3.8) is 0 Å². The van der Waals surface area contributed by atoms with Crippen molar-refractivity contribution in [1.29, 1.82) is 0 Å². The zero-order valence-corrected chi connectivity index (χ0v) is 17.8. The first-order valence-corrected chi connectivity index (χ1v) is 10.5. The second-order valence-corrected chi connectivity index (χ2v) is 8.14. The Balaban J connectivity index is 1.52. The lowest BCUT2D eigenvalue weighted by atomic mass is 10.1. The summed E-state index contributed by atoms with van der Waals surface area (Å²) >= 11 is 0. The van der Waals surface area contributed by atoms with Crippen molar-refractivity contribution in [2.45, 2.75) is 32.4 Å². The molecule has 1 amide bonds. The van der Waals surface area contributed by atoms with E-state index in [2.05, 4.69) is 51.2 Å². The highest BCUT2D eigenvalue weighted by atomic mass is 16.1. The quantitative estimate of drug-likeness (QED) is 0.671. The molecular formula is C22H29N7O. The summed E-state index contributed by atoms with van der Waals surface area (Å²) in [5, 5.41) is 11.8. The molecule has 0 saturated carbocycles. The number of nitrogens with zero attached hydrogens (tertiary/aromatic N) is 6. The van der Waals surface area contributed by atoms with Crippen molar-refractivity contribution in [1.82, 2.24) is 34.7 Å². The Morgan fingerprint density at radius 2 is 2.07 bits per heavy atom. The van der Waals surface area contributed by atoms with Crippen LogP contribution in [0.5, 0.6) is 0 Å². The van der Waals surface area contributed by atoms with E-state index >= 15 is 0 Å². The molecule has 4 rings (SSSR count). The third-order valence-electron chi connectivity index (χ3n) is 5.67. The van der Waals surface area contributed by atoms with Crippen LogP contribution < -0.4 is 5.32 Å². The lowest BCUT2D eigenvalue weighted by Gasteiger charge is -2.41. The molecule has 30 heavy (non-hydrogen) atoms. The average Bonchev–Trinajstić information content (AvgIpc) is 3.17. The van der Waals surface area contributed by atoms with Crippen molar-refractivity contribution < 1.29 is 4.79 Å². The highest BCUT2D eigenvalue weighted by molar-refractivity contribution is 5.94. The molecule has 1 aliphatic rings. The van der Waals surface area contributed by atoms with E-state index in [1.807, 2.05) is 34.9 Å². The maximum absolute atomic E-state index is 12.7. The number of piperazine rings is 1. The first-order chi connectivity index (χ1) is 14.5. The Labute approximate surface area is 176 Å².